The lowest BCUT2D eigenvalue weighted by Gasteiger charge is -2.37. The van der Waals surface area contributed by atoms with Gasteiger partial charge in [0.2, 0.25) is 0 Å². The number of benzene rings is 1. The van der Waals surface area contributed by atoms with Crippen LogP contribution in [0.15, 0.2) is 48.7 Å². The maximum atomic E-state index is 13.7. The number of fused-ring (bicyclic) bond motifs is 1. The topological polar surface area (TPSA) is 67.3 Å². The number of esters is 1. The number of hydrogen-bond acceptors (Lipinski definition) is 3. The van der Waals surface area contributed by atoms with Crippen LogP contribution < -0.4 is 0 Å². The summed E-state index contributed by atoms with van der Waals surface area (Å²) in [5, 5.41) is 0. The van der Waals surface area contributed by atoms with Crippen LogP contribution in [0.25, 0.3) is 0 Å². The number of rotatable bonds is 4. The average molecular weight is 405 g/mol. The maximum Gasteiger partial charge on any atom is 0.340 e. The average Bonchev–Trinajstić information content (AvgIpc) is 3.30. The van der Waals surface area contributed by atoms with Gasteiger partial charge < -0.3 is 19.2 Å². The minimum Gasteiger partial charge on any atom is -0.459 e. The summed E-state index contributed by atoms with van der Waals surface area (Å²) in [6.07, 6.45) is 1.83. The second-order valence-electron chi connectivity index (χ2n) is 8.02. The normalized spacial score (nSPS) is 15.9. The van der Waals surface area contributed by atoms with Crippen molar-refractivity contribution in [2.45, 2.75) is 46.4 Å². The van der Waals surface area contributed by atoms with Gasteiger partial charge in [-0.3, -0.25) is 4.79 Å². The van der Waals surface area contributed by atoms with Gasteiger partial charge in [-0.15, -0.1) is 0 Å². The summed E-state index contributed by atoms with van der Waals surface area (Å²) in [6.45, 7) is 8.56. The minimum atomic E-state index is -0.401. The Kier molecular flexibility index (Phi) is 5.24. The highest BCUT2D eigenvalue weighted by molar-refractivity contribution is 6.00. The predicted octanol–water partition coefficient (Wildman–Crippen LogP) is 4.24. The Morgan fingerprint density at radius 3 is 2.50 bits per heavy atom. The molecule has 0 spiro atoms. The molecule has 3 heterocycles. The first-order valence-electron chi connectivity index (χ1n) is 10.3. The van der Waals surface area contributed by atoms with Gasteiger partial charge in [-0.2, -0.15) is 0 Å². The molecule has 1 atom stereocenters. The van der Waals surface area contributed by atoms with E-state index in [1.54, 1.807) is 13.8 Å². The van der Waals surface area contributed by atoms with Crippen LogP contribution in [-0.2, 0) is 11.3 Å². The molecule has 3 aromatic rings. The van der Waals surface area contributed by atoms with Gasteiger partial charge in [-0.25, -0.2) is 4.79 Å². The van der Waals surface area contributed by atoms with Gasteiger partial charge in [-0.1, -0.05) is 30.3 Å². The minimum absolute atomic E-state index is 0.111. The highest BCUT2D eigenvalue weighted by atomic mass is 16.5. The second kappa shape index (κ2) is 7.86. The molecular weight excluding hydrogens is 378 g/mol. The fraction of sp³-hybridized carbons (Fsp3) is 0.333. The number of carbonyl (C=O) groups excluding carboxylic acids is 2. The van der Waals surface area contributed by atoms with Gasteiger partial charge in [0.25, 0.3) is 5.91 Å². The van der Waals surface area contributed by atoms with Crippen LogP contribution >= 0.6 is 0 Å². The van der Waals surface area contributed by atoms with Gasteiger partial charge >= 0.3 is 5.97 Å². The first-order chi connectivity index (χ1) is 14.4. The number of hydrogen-bond donors (Lipinski definition) is 1. The number of H-pyrrole nitrogens is 1. The molecule has 0 unspecified atom stereocenters. The van der Waals surface area contributed by atoms with E-state index >= 15 is 0 Å². The summed E-state index contributed by atoms with van der Waals surface area (Å²) >= 11 is 0. The van der Waals surface area contributed by atoms with E-state index in [2.05, 4.69) is 21.8 Å². The Morgan fingerprint density at radius 1 is 1.07 bits per heavy atom. The summed E-state index contributed by atoms with van der Waals surface area (Å²) in [4.78, 5) is 31.3. The van der Waals surface area contributed by atoms with Crippen LogP contribution in [0.3, 0.4) is 0 Å². The van der Waals surface area contributed by atoms with Crippen molar-refractivity contribution < 1.29 is 14.3 Å². The molecule has 1 amide bonds. The molecule has 2 aromatic heterocycles. The highest BCUT2D eigenvalue weighted by Gasteiger charge is 2.35. The number of nitrogens with one attached hydrogen (secondary N) is 1. The molecule has 1 N–H and O–H groups in total. The Labute approximate surface area is 176 Å². The SMILES string of the molecule is Cc1[nH]c(C(=O)N2CCn3cccc3[C@H]2c2ccccc2)c(C)c1C(=O)OC(C)C. The van der Waals surface area contributed by atoms with Crippen molar-refractivity contribution >= 4 is 11.9 Å². The third-order valence-corrected chi connectivity index (χ3v) is 5.61. The summed E-state index contributed by atoms with van der Waals surface area (Å²) in [6, 6.07) is 13.9. The van der Waals surface area contributed by atoms with Gasteiger partial charge in [0.05, 0.1) is 17.7 Å². The predicted molar refractivity (Wildman–Crippen MR) is 115 cm³/mol. The molecule has 6 nitrogen and oxygen atoms in total. The fourth-order valence-corrected chi connectivity index (χ4v) is 4.27. The molecule has 0 radical (unpaired) electrons. The Bertz CT molecular complexity index is 1080. The number of aromatic amines is 1. The zero-order valence-electron chi connectivity index (χ0n) is 17.8. The summed E-state index contributed by atoms with van der Waals surface area (Å²) in [5.41, 5.74) is 4.33. The van der Waals surface area contributed by atoms with E-state index < -0.39 is 5.97 Å². The number of carbonyl (C=O) groups is 2. The summed E-state index contributed by atoms with van der Waals surface area (Å²) in [7, 11) is 0. The van der Waals surface area contributed by atoms with Gasteiger partial charge in [-0.05, 0) is 51.0 Å². The van der Waals surface area contributed by atoms with Crippen LogP contribution in [0.1, 0.15) is 63.3 Å². The molecule has 1 aliphatic rings. The van der Waals surface area contributed by atoms with E-state index in [9.17, 15) is 9.59 Å². The molecule has 156 valence electrons. The highest BCUT2D eigenvalue weighted by Crippen LogP contribution is 2.34. The number of nitrogens with zero attached hydrogens (tertiary/aromatic N) is 2. The van der Waals surface area contributed by atoms with Crippen molar-refractivity contribution in [1.29, 1.82) is 0 Å². The smallest absolute Gasteiger partial charge is 0.340 e. The molecule has 1 aliphatic heterocycles. The molecule has 0 bridgehead atoms. The van der Waals surface area contributed by atoms with E-state index in [0.29, 0.717) is 29.1 Å². The van der Waals surface area contributed by atoms with E-state index in [1.165, 1.54) is 0 Å². The molecule has 0 saturated carbocycles. The lowest BCUT2D eigenvalue weighted by Crippen LogP contribution is -2.42. The van der Waals surface area contributed by atoms with Crippen LogP contribution in [0, 0.1) is 13.8 Å². The van der Waals surface area contributed by atoms with Crippen LogP contribution in [0.4, 0.5) is 0 Å². The molecule has 1 aromatic carbocycles. The molecule has 0 saturated heterocycles. The van der Waals surface area contributed by atoms with Crippen LogP contribution in [-0.4, -0.2) is 39.0 Å². The first-order valence-corrected chi connectivity index (χ1v) is 10.3. The van der Waals surface area contributed by atoms with Gasteiger partial charge in [0.1, 0.15) is 5.69 Å². The van der Waals surface area contributed by atoms with Crippen molar-refractivity contribution in [1.82, 2.24) is 14.5 Å². The monoisotopic (exact) mass is 405 g/mol. The summed E-state index contributed by atoms with van der Waals surface area (Å²) < 4.78 is 7.57. The van der Waals surface area contributed by atoms with Crippen molar-refractivity contribution in [3.8, 4) is 0 Å². The first kappa shape index (κ1) is 20.0. The zero-order chi connectivity index (χ0) is 21.4. The Hall–Kier alpha value is -3.28. The van der Waals surface area contributed by atoms with E-state index in [4.69, 9.17) is 4.74 Å². The van der Waals surface area contributed by atoms with Gasteiger partial charge in [0, 0.05) is 30.7 Å². The standard InChI is InChI=1S/C24H27N3O3/c1-15(2)30-24(29)20-16(3)21(25-17(20)4)23(28)27-14-13-26-12-8-11-19(26)22(27)18-9-6-5-7-10-18/h5-12,15,22,25H,13-14H2,1-4H3/t22-/m1/s1. The van der Waals surface area contributed by atoms with Gasteiger partial charge in [0.15, 0.2) is 0 Å². The lowest BCUT2D eigenvalue weighted by molar-refractivity contribution is 0.0376. The zero-order valence-corrected chi connectivity index (χ0v) is 17.8. The third-order valence-electron chi connectivity index (χ3n) is 5.61. The largest absolute Gasteiger partial charge is 0.459 e. The third kappa shape index (κ3) is 3.43. The molecule has 4 rings (SSSR count). The number of aromatic nitrogens is 2. The number of ether oxygens (including phenoxy) is 1. The van der Waals surface area contributed by atoms with Crippen molar-refractivity contribution in [2.24, 2.45) is 0 Å². The van der Waals surface area contributed by atoms with Crippen LogP contribution in [0.2, 0.25) is 0 Å². The molecule has 0 aliphatic carbocycles. The Morgan fingerprint density at radius 2 is 1.80 bits per heavy atom. The molecule has 6 heteroatoms. The Balaban J connectivity index is 1.73. The molecule has 30 heavy (non-hydrogen) atoms. The number of amides is 1. The van der Waals surface area contributed by atoms with E-state index in [1.807, 2.05) is 55.1 Å². The summed E-state index contributed by atoms with van der Waals surface area (Å²) in [5.74, 6) is -0.511. The fourth-order valence-electron chi connectivity index (χ4n) is 4.27. The maximum absolute atomic E-state index is 13.7. The van der Waals surface area contributed by atoms with Crippen molar-refractivity contribution in [3.05, 3.63) is 82.4 Å². The van der Waals surface area contributed by atoms with E-state index in [-0.39, 0.29) is 18.1 Å². The number of aryl methyl sites for hydroxylation is 1. The molecule has 0 fully saturated rings. The van der Waals surface area contributed by atoms with Crippen molar-refractivity contribution in [2.75, 3.05) is 6.54 Å². The van der Waals surface area contributed by atoms with E-state index in [0.717, 1.165) is 17.8 Å². The quantitative estimate of drug-likeness (QED) is 0.660. The van der Waals surface area contributed by atoms with Crippen LogP contribution in [0.5, 0.6) is 0 Å². The lowest BCUT2D eigenvalue weighted by atomic mass is 9.99. The van der Waals surface area contributed by atoms with Crippen molar-refractivity contribution in [3.63, 3.8) is 0 Å². The molecular formula is C24H27N3O3. The second-order valence-corrected chi connectivity index (χ2v) is 8.02.